The van der Waals surface area contributed by atoms with Gasteiger partial charge >= 0.3 is 0 Å². The fourth-order valence-electron chi connectivity index (χ4n) is 3.32. The lowest BCUT2D eigenvalue weighted by atomic mass is 9.89. The number of hydrogen-bond donors (Lipinski definition) is 0. The van der Waals surface area contributed by atoms with Crippen LogP contribution in [0.4, 0.5) is 0 Å². The van der Waals surface area contributed by atoms with Crippen LogP contribution in [0.25, 0.3) is 0 Å². The zero-order valence-corrected chi connectivity index (χ0v) is 13.0. The van der Waals surface area contributed by atoms with Crippen molar-refractivity contribution in [3.8, 4) is 0 Å². The van der Waals surface area contributed by atoms with Crippen molar-refractivity contribution in [1.82, 2.24) is 0 Å². The molecule has 0 N–H and O–H groups in total. The third-order valence-corrected chi connectivity index (χ3v) is 5.77. The normalized spacial score (nSPS) is 25.0. The van der Waals surface area contributed by atoms with Gasteiger partial charge in [-0.05, 0) is 31.4 Å². The molecule has 1 spiro atoms. The highest BCUT2D eigenvalue weighted by atomic mass is 32.2. The summed E-state index contributed by atoms with van der Waals surface area (Å²) in [5.41, 5.74) is 1.48. The second kappa shape index (κ2) is 5.65. The molecule has 1 fully saturated rings. The van der Waals surface area contributed by atoms with Gasteiger partial charge in [0.15, 0.2) is 0 Å². The predicted molar refractivity (Wildman–Crippen MR) is 86.2 cm³/mol. The summed E-state index contributed by atoms with van der Waals surface area (Å²) in [6.07, 6.45) is 6.99. The summed E-state index contributed by atoms with van der Waals surface area (Å²) in [4.78, 5) is 5.11. The van der Waals surface area contributed by atoms with Gasteiger partial charge in [-0.2, -0.15) is 0 Å². The molecular weight excluding hydrogens is 266 g/mol. The molecule has 1 heterocycles. The van der Waals surface area contributed by atoms with Crippen molar-refractivity contribution in [1.29, 1.82) is 0 Å². The highest BCUT2D eigenvalue weighted by Crippen LogP contribution is 2.55. The van der Waals surface area contributed by atoms with Crippen molar-refractivity contribution in [2.45, 2.75) is 43.4 Å². The van der Waals surface area contributed by atoms with Gasteiger partial charge in [0.25, 0.3) is 0 Å². The number of thioether (sulfide) groups is 1. The molecule has 2 aliphatic rings. The minimum atomic E-state index is 0.0914. The lowest BCUT2D eigenvalue weighted by molar-refractivity contribution is 0.315. The van der Waals surface area contributed by atoms with E-state index >= 15 is 0 Å². The highest BCUT2D eigenvalue weighted by molar-refractivity contribution is 8.15. The molecule has 1 aromatic rings. The van der Waals surface area contributed by atoms with E-state index in [1.807, 2.05) is 24.8 Å². The maximum Gasteiger partial charge on any atom is 0.146 e. The Kier molecular flexibility index (Phi) is 3.88. The van der Waals surface area contributed by atoms with E-state index in [0.717, 1.165) is 10.8 Å². The molecule has 0 amide bonds. The molecule has 1 unspecified atom stereocenters. The fourth-order valence-corrected chi connectivity index (χ4v) is 4.89. The van der Waals surface area contributed by atoms with E-state index in [0.29, 0.717) is 5.25 Å². The lowest BCUT2D eigenvalue weighted by Crippen LogP contribution is -2.25. The molecule has 1 saturated carbocycles. The number of hydrogen-bond acceptors (Lipinski definition) is 3. The lowest BCUT2D eigenvalue weighted by Gasteiger charge is -2.27. The predicted octanol–water partition coefficient (Wildman–Crippen LogP) is 4.74. The molecule has 1 aliphatic heterocycles. The van der Waals surface area contributed by atoms with Crippen molar-refractivity contribution in [2.24, 2.45) is 4.99 Å². The van der Waals surface area contributed by atoms with Crippen LogP contribution in [0, 0.1) is 0 Å². The number of methoxy groups -OCH3 is 1. The molecule has 2 nitrogen and oxygen atoms in total. The van der Waals surface area contributed by atoms with Gasteiger partial charge in [0.1, 0.15) is 10.8 Å². The fraction of sp³-hybridized carbons (Fsp3) is 0.471. The van der Waals surface area contributed by atoms with Gasteiger partial charge < -0.3 is 4.74 Å². The maximum atomic E-state index is 5.48. The van der Waals surface area contributed by atoms with E-state index in [4.69, 9.17) is 9.73 Å². The Morgan fingerprint density at radius 1 is 1.30 bits per heavy atom. The van der Waals surface area contributed by atoms with Gasteiger partial charge in [0.2, 0.25) is 0 Å². The molecule has 1 atom stereocenters. The molecule has 0 aromatic heterocycles. The van der Waals surface area contributed by atoms with Gasteiger partial charge in [-0.3, -0.25) is 4.99 Å². The number of benzene rings is 1. The number of nitrogens with zero attached hydrogens (tertiary/aromatic N) is 1. The smallest absolute Gasteiger partial charge is 0.146 e. The largest absolute Gasteiger partial charge is 0.494 e. The van der Waals surface area contributed by atoms with Crippen LogP contribution in [0.2, 0.25) is 0 Å². The zero-order valence-electron chi connectivity index (χ0n) is 12.1. The number of ether oxygens (including phenoxy) is 1. The summed E-state index contributed by atoms with van der Waals surface area (Å²) in [5.74, 6) is 0.916. The van der Waals surface area contributed by atoms with Gasteiger partial charge in [-0.15, -0.1) is 0 Å². The van der Waals surface area contributed by atoms with Crippen molar-refractivity contribution < 1.29 is 4.74 Å². The van der Waals surface area contributed by atoms with E-state index in [-0.39, 0.29) is 5.54 Å². The molecule has 1 aliphatic carbocycles. The molecule has 0 radical (unpaired) electrons. The van der Waals surface area contributed by atoms with Crippen LogP contribution < -0.4 is 0 Å². The topological polar surface area (TPSA) is 21.6 Å². The van der Waals surface area contributed by atoms with Gasteiger partial charge in [0, 0.05) is 0 Å². The van der Waals surface area contributed by atoms with Crippen LogP contribution in [-0.2, 0) is 4.74 Å². The number of allylic oxidation sites excluding steroid dienone is 1. The SMILES string of the molecule is C/C=C(\OC)C1=NC2(CCCC2)C(c2ccccc2)S1. The van der Waals surface area contributed by atoms with Gasteiger partial charge in [-0.1, -0.05) is 54.9 Å². The van der Waals surface area contributed by atoms with E-state index in [9.17, 15) is 0 Å². The Labute approximate surface area is 125 Å². The van der Waals surface area contributed by atoms with Crippen molar-refractivity contribution in [3.05, 3.63) is 47.7 Å². The van der Waals surface area contributed by atoms with E-state index in [1.165, 1.54) is 31.2 Å². The quantitative estimate of drug-likeness (QED) is 0.749. The highest BCUT2D eigenvalue weighted by Gasteiger charge is 2.47. The van der Waals surface area contributed by atoms with Crippen LogP contribution in [-0.4, -0.2) is 17.7 Å². The average Bonchev–Trinajstić information content (AvgIpc) is 3.10. The molecule has 20 heavy (non-hydrogen) atoms. The molecule has 106 valence electrons. The number of rotatable bonds is 3. The van der Waals surface area contributed by atoms with Crippen LogP contribution in [0.1, 0.15) is 43.4 Å². The summed E-state index contributed by atoms with van der Waals surface area (Å²) in [7, 11) is 1.73. The Morgan fingerprint density at radius 3 is 2.60 bits per heavy atom. The Balaban J connectivity index is 1.97. The molecule has 1 aromatic carbocycles. The van der Waals surface area contributed by atoms with Gasteiger partial charge in [0.05, 0.1) is 17.9 Å². The van der Waals surface area contributed by atoms with E-state index in [2.05, 4.69) is 30.3 Å². The second-order valence-corrected chi connectivity index (χ2v) is 6.59. The standard InChI is InChI=1S/C17H21NOS/c1-3-14(19-2)16-18-17(11-7-8-12-17)15(20-16)13-9-5-4-6-10-13/h3-6,9-10,15H,7-8,11-12H2,1-2H3/b14-3-. The summed E-state index contributed by atoms with van der Waals surface area (Å²) in [6.45, 7) is 2.01. The summed E-state index contributed by atoms with van der Waals surface area (Å²) in [6, 6.07) is 10.8. The Morgan fingerprint density at radius 2 is 2.00 bits per heavy atom. The zero-order chi connectivity index (χ0) is 14.0. The molecule has 3 heteroatoms. The first-order valence-electron chi connectivity index (χ1n) is 7.31. The van der Waals surface area contributed by atoms with Crippen molar-refractivity contribution in [2.75, 3.05) is 7.11 Å². The van der Waals surface area contributed by atoms with Gasteiger partial charge in [-0.25, -0.2) is 0 Å². The van der Waals surface area contributed by atoms with E-state index < -0.39 is 0 Å². The number of aliphatic imine (C=N–C) groups is 1. The first-order chi connectivity index (χ1) is 9.79. The van der Waals surface area contributed by atoms with Crippen LogP contribution in [0.15, 0.2) is 47.2 Å². The van der Waals surface area contributed by atoms with Crippen LogP contribution in [0.3, 0.4) is 0 Å². The Hall–Kier alpha value is -1.22. The van der Waals surface area contributed by atoms with Crippen molar-refractivity contribution in [3.63, 3.8) is 0 Å². The second-order valence-electron chi connectivity index (χ2n) is 5.49. The maximum absolute atomic E-state index is 5.48. The average molecular weight is 287 g/mol. The van der Waals surface area contributed by atoms with Crippen LogP contribution >= 0.6 is 11.8 Å². The van der Waals surface area contributed by atoms with Crippen LogP contribution in [0.5, 0.6) is 0 Å². The molecule has 0 bridgehead atoms. The third kappa shape index (κ3) is 2.28. The molecule has 3 rings (SSSR count). The van der Waals surface area contributed by atoms with Crippen molar-refractivity contribution >= 4 is 16.8 Å². The monoisotopic (exact) mass is 287 g/mol. The summed E-state index contributed by atoms with van der Waals surface area (Å²) < 4.78 is 5.48. The first-order valence-corrected chi connectivity index (χ1v) is 8.19. The third-order valence-electron chi connectivity index (χ3n) is 4.31. The molecular formula is C17H21NOS. The first kappa shape index (κ1) is 13.7. The Bertz CT molecular complexity index is 529. The van der Waals surface area contributed by atoms with E-state index in [1.54, 1.807) is 7.11 Å². The molecule has 0 saturated heterocycles. The minimum Gasteiger partial charge on any atom is -0.494 e. The summed E-state index contributed by atoms with van der Waals surface area (Å²) >= 11 is 1.87. The summed E-state index contributed by atoms with van der Waals surface area (Å²) in [5, 5.41) is 1.51. The minimum absolute atomic E-state index is 0.0914.